The van der Waals surface area contributed by atoms with Crippen LogP contribution in [0.2, 0.25) is 10.0 Å². The van der Waals surface area contributed by atoms with Gasteiger partial charge in [-0.25, -0.2) is 4.68 Å². The Balaban J connectivity index is 2.13. The van der Waals surface area contributed by atoms with Crippen LogP contribution in [0.1, 0.15) is 11.1 Å². The first kappa shape index (κ1) is 19.1. The third-order valence-corrected chi connectivity index (χ3v) is 4.76. The topological polar surface area (TPSA) is 61.2 Å². The van der Waals surface area contributed by atoms with Crippen molar-refractivity contribution in [2.45, 2.75) is 13.0 Å². The Morgan fingerprint density at radius 2 is 1.74 bits per heavy atom. The van der Waals surface area contributed by atoms with Crippen LogP contribution >= 0.6 is 23.2 Å². The smallest absolute Gasteiger partial charge is 0.327 e. The van der Waals surface area contributed by atoms with Gasteiger partial charge in [0.2, 0.25) is 0 Å². The van der Waals surface area contributed by atoms with Crippen molar-refractivity contribution in [1.29, 1.82) is 0 Å². The van der Waals surface area contributed by atoms with Gasteiger partial charge in [0.15, 0.2) is 0 Å². The number of esters is 1. The second kappa shape index (κ2) is 8.37. The largest absolute Gasteiger partial charge is 0.468 e. The standard InChI is InChI=1S/C20H16Cl2N2O3/c1-27-19(25)12-24-20(26)14(10-15-16(21)8-5-9-17(15)22)11-18(23-24)13-6-3-2-4-7-13/h2-9,11H,10,12H2,1H3. The summed E-state index contributed by atoms with van der Waals surface area (Å²) in [5.41, 5.74) is 2.08. The second-order valence-electron chi connectivity index (χ2n) is 5.84. The number of aromatic nitrogens is 2. The van der Waals surface area contributed by atoms with Gasteiger partial charge in [0.1, 0.15) is 6.54 Å². The van der Waals surface area contributed by atoms with Crippen LogP contribution in [0.5, 0.6) is 0 Å². The molecule has 0 atom stereocenters. The van der Waals surface area contributed by atoms with E-state index in [2.05, 4.69) is 9.84 Å². The molecular weight excluding hydrogens is 387 g/mol. The molecule has 0 unspecified atom stereocenters. The van der Waals surface area contributed by atoms with Crippen molar-refractivity contribution < 1.29 is 9.53 Å². The number of methoxy groups -OCH3 is 1. The number of hydrogen-bond donors (Lipinski definition) is 0. The van der Waals surface area contributed by atoms with Gasteiger partial charge in [0, 0.05) is 27.6 Å². The Bertz CT molecular complexity index is 1010. The summed E-state index contributed by atoms with van der Waals surface area (Å²) in [6.07, 6.45) is 0.223. The molecule has 3 rings (SSSR count). The fraction of sp³-hybridized carbons (Fsp3) is 0.150. The molecule has 1 aromatic heterocycles. The number of halogens is 2. The summed E-state index contributed by atoms with van der Waals surface area (Å²) in [6.45, 7) is -0.279. The third-order valence-electron chi connectivity index (χ3n) is 4.05. The summed E-state index contributed by atoms with van der Waals surface area (Å²) in [4.78, 5) is 24.5. The summed E-state index contributed by atoms with van der Waals surface area (Å²) in [7, 11) is 1.26. The zero-order chi connectivity index (χ0) is 19.4. The zero-order valence-electron chi connectivity index (χ0n) is 14.5. The highest BCUT2D eigenvalue weighted by atomic mass is 35.5. The molecule has 3 aromatic rings. The van der Waals surface area contributed by atoms with Crippen LogP contribution in [0.15, 0.2) is 59.4 Å². The van der Waals surface area contributed by atoms with Gasteiger partial charge in [-0.2, -0.15) is 5.10 Å². The minimum atomic E-state index is -0.559. The molecule has 0 saturated carbocycles. The van der Waals surface area contributed by atoms with E-state index in [-0.39, 0.29) is 13.0 Å². The van der Waals surface area contributed by atoms with Gasteiger partial charge in [-0.15, -0.1) is 0 Å². The molecule has 0 saturated heterocycles. The van der Waals surface area contributed by atoms with Gasteiger partial charge in [-0.1, -0.05) is 59.6 Å². The minimum Gasteiger partial charge on any atom is -0.468 e. The lowest BCUT2D eigenvalue weighted by atomic mass is 10.0. The molecule has 0 spiro atoms. The molecule has 0 radical (unpaired) electrons. The molecule has 0 aliphatic rings. The van der Waals surface area contributed by atoms with Crippen molar-refractivity contribution >= 4 is 29.2 Å². The first-order chi connectivity index (χ1) is 13.0. The number of hydrogen-bond acceptors (Lipinski definition) is 4. The molecule has 138 valence electrons. The first-order valence-corrected chi connectivity index (χ1v) is 8.91. The molecule has 0 amide bonds. The van der Waals surface area contributed by atoms with Crippen molar-refractivity contribution in [3.63, 3.8) is 0 Å². The molecule has 1 heterocycles. The summed E-state index contributed by atoms with van der Waals surface area (Å²) >= 11 is 12.5. The first-order valence-electron chi connectivity index (χ1n) is 8.15. The Morgan fingerprint density at radius 3 is 2.37 bits per heavy atom. The molecule has 2 aromatic carbocycles. The molecule has 0 fully saturated rings. The lowest BCUT2D eigenvalue weighted by Crippen LogP contribution is -2.30. The fourth-order valence-corrected chi connectivity index (χ4v) is 3.19. The van der Waals surface area contributed by atoms with Crippen LogP contribution in [-0.4, -0.2) is 22.9 Å². The maximum atomic E-state index is 12.8. The van der Waals surface area contributed by atoms with E-state index < -0.39 is 11.5 Å². The molecule has 0 bridgehead atoms. The maximum Gasteiger partial charge on any atom is 0.327 e. The van der Waals surface area contributed by atoms with Crippen LogP contribution < -0.4 is 5.56 Å². The summed E-state index contributed by atoms with van der Waals surface area (Å²) in [5.74, 6) is -0.559. The van der Waals surface area contributed by atoms with Gasteiger partial charge in [-0.05, 0) is 23.8 Å². The number of rotatable bonds is 5. The summed E-state index contributed by atoms with van der Waals surface area (Å²) < 4.78 is 5.78. The number of carbonyl (C=O) groups excluding carboxylic acids is 1. The Morgan fingerprint density at radius 1 is 1.07 bits per heavy atom. The van der Waals surface area contributed by atoms with E-state index in [4.69, 9.17) is 23.2 Å². The van der Waals surface area contributed by atoms with Gasteiger partial charge < -0.3 is 4.74 Å². The van der Waals surface area contributed by atoms with E-state index in [9.17, 15) is 9.59 Å². The predicted molar refractivity (Wildman–Crippen MR) is 105 cm³/mol. The molecule has 5 nitrogen and oxygen atoms in total. The quantitative estimate of drug-likeness (QED) is 0.605. The molecule has 0 aliphatic carbocycles. The lowest BCUT2D eigenvalue weighted by Gasteiger charge is -2.12. The summed E-state index contributed by atoms with van der Waals surface area (Å²) in [5, 5.41) is 5.26. The monoisotopic (exact) mass is 402 g/mol. The normalized spacial score (nSPS) is 10.6. The third kappa shape index (κ3) is 4.38. The van der Waals surface area contributed by atoms with E-state index >= 15 is 0 Å². The van der Waals surface area contributed by atoms with Crippen LogP contribution in [0.3, 0.4) is 0 Å². The van der Waals surface area contributed by atoms with Gasteiger partial charge in [0.05, 0.1) is 12.8 Å². The summed E-state index contributed by atoms with van der Waals surface area (Å²) in [6, 6.07) is 16.3. The highest BCUT2D eigenvalue weighted by molar-refractivity contribution is 6.36. The highest BCUT2D eigenvalue weighted by Gasteiger charge is 2.15. The van der Waals surface area contributed by atoms with Crippen molar-refractivity contribution in [1.82, 2.24) is 9.78 Å². The van der Waals surface area contributed by atoms with E-state index in [1.807, 2.05) is 30.3 Å². The second-order valence-corrected chi connectivity index (χ2v) is 6.65. The van der Waals surface area contributed by atoms with Crippen molar-refractivity contribution in [3.05, 3.63) is 86.1 Å². The van der Waals surface area contributed by atoms with Crippen molar-refractivity contribution in [3.8, 4) is 11.3 Å². The van der Waals surface area contributed by atoms with Crippen LogP contribution in [0, 0.1) is 0 Å². The van der Waals surface area contributed by atoms with E-state index in [0.717, 1.165) is 10.2 Å². The number of ether oxygens (including phenoxy) is 1. The van der Waals surface area contributed by atoms with Gasteiger partial charge in [0.25, 0.3) is 5.56 Å². The van der Waals surface area contributed by atoms with Crippen LogP contribution in [0.25, 0.3) is 11.3 Å². The van der Waals surface area contributed by atoms with Crippen LogP contribution in [0.4, 0.5) is 0 Å². The average Bonchev–Trinajstić information content (AvgIpc) is 2.68. The number of benzene rings is 2. The minimum absolute atomic E-state index is 0.223. The van der Waals surface area contributed by atoms with Crippen LogP contribution in [-0.2, 0) is 22.5 Å². The number of nitrogens with zero attached hydrogens (tertiary/aromatic N) is 2. The van der Waals surface area contributed by atoms with E-state index in [0.29, 0.717) is 26.9 Å². The fourth-order valence-electron chi connectivity index (χ4n) is 2.66. The average molecular weight is 403 g/mol. The lowest BCUT2D eigenvalue weighted by molar-refractivity contribution is -0.141. The van der Waals surface area contributed by atoms with E-state index in [1.165, 1.54) is 7.11 Å². The number of carbonyl (C=O) groups is 1. The Hall–Kier alpha value is -2.63. The SMILES string of the molecule is COC(=O)Cn1nc(-c2ccccc2)cc(Cc2c(Cl)cccc2Cl)c1=O. The molecule has 27 heavy (non-hydrogen) atoms. The van der Waals surface area contributed by atoms with E-state index in [1.54, 1.807) is 24.3 Å². The zero-order valence-corrected chi connectivity index (χ0v) is 16.0. The molecular formula is C20H16Cl2N2O3. The molecule has 7 heteroatoms. The van der Waals surface area contributed by atoms with Crippen molar-refractivity contribution in [2.75, 3.05) is 7.11 Å². The maximum absolute atomic E-state index is 12.8. The Labute approximate surface area is 166 Å². The molecule has 0 N–H and O–H groups in total. The van der Waals surface area contributed by atoms with Gasteiger partial charge >= 0.3 is 5.97 Å². The van der Waals surface area contributed by atoms with Crippen molar-refractivity contribution in [2.24, 2.45) is 0 Å². The highest BCUT2D eigenvalue weighted by Crippen LogP contribution is 2.27. The Kier molecular flexibility index (Phi) is 5.94. The van der Waals surface area contributed by atoms with Gasteiger partial charge in [-0.3, -0.25) is 9.59 Å². The predicted octanol–water partition coefficient (Wildman–Crippen LogP) is 3.98. The molecule has 0 aliphatic heterocycles.